The average Bonchev–Trinajstić information content (AvgIpc) is 3.90. The summed E-state index contributed by atoms with van der Waals surface area (Å²) in [5.41, 5.74) is 21.3. The molecule has 2 aliphatic rings. The van der Waals surface area contributed by atoms with Gasteiger partial charge in [-0.1, -0.05) is 172 Å². The van der Waals surface area contributed by atoms with Crippen molar-refractivity contribution in [1.29, 1.82) is 0 Å². The summed E-state index contributed by atoms with van der Waals surface area (Å²) in [5.74, 6) is 0. The lowest BCUT2D eigenvalue weighted by Gasteiger charge is -2.31. The fourth-order valence-electron chi connectivity index (χ4n) is 10.8. The van der Waals surface area contributed by atoms with Crippen molar-refractivity contribution in [2.24, 2.45) is 0 Å². The Kier molecular flexibility index (Phi) is 7.74. The summed E-state index contributed by atoms with van der Waals surface area (Å²) >= 11 is 0. The minimum atomic E-state index is -0.331. The summed E-state index contributed by atoms with van der Waals surface area (Å²) in [6, 6.07) is 75.7. The fraction of sp³-hybridized carbons (Fsp3) is 0.0847. The summed E-state index contributed by atoms with van der Waals surface area (Å²) in [7, 11) is 0. The van der Waals surface area contributed by atoms with Crippen molar-refractivity contribution in [2.75, 3.05) is 4.90 Å². The molecule has 1 unspecified atom stereocenters. The van der Waals surface area contributed by atoms with Crippen molar-refractivity contribution < 1.29 is 4.42 Å². The van der Waals surface area contributed by atoms with Gasteiger partial charge in [0.05, 0.1) is 5.69 Å². The van der Waals surface area contributed by atoms with Crippen LogP contribution >= 0.6 is 0 Å². The Morgan fingerprint density at radius 1 is 0.377 bits per heavy atom. The predicted molar refractivity (Wildman–Crippen MR) is 254 cm³/mol. The van der Waals surface area contributed by atoms with E-state index >= 15 is 0 Å². The van der Waals surface area contributed by atoms with Crippen molar-refractivity contribution in [3.05, 3.63) is 234 Å². The number of hydrogen-bond donors (Lipinski definition) is 0. The molecule has 2 heteroatoms. The van der Waals surface area contributed by atoms with Crippen LogP contribution in [0.2, 0.25) is 0 Å². The van der Waals surface area contributed by atoms with Crippen molar-refractivity contribution in [1.82, 2.24) is 0 Å². The van der Waals surface area contributed by atoms with Crippen LogP contribution in [0.3, 0.4) is 0 Å². The van der Waals surface area contributed by atoms with E-state index in [2.05, 4.69) is 220 Å². The largest absolute Gasteiger partial charge is 0.456 e. The van der Waals surface area contributed by atoms with Crippen LogP contribution in [0.1, 0.15) is 48.6 Å². The normalized spacial score (nSPS) is 15.7. The van der Waals surface area contributed by atoms with Gasteiger partial charge in [-0.15, -0.1) is 0 Å². The second kappa shape index (κ2) is 13.3. The highest BCUT2D eigenvalue weighted by Crippen LogP contribution is 2.55. The topological polar surface area (TPSA) is 16.4 Å². The Hall–Kier alpha value is -7.42. The average molecular weight is 782 g/mol. The molecule has 0 aliphatic heterocycles. The highest BCUT2D eigenvalue weighted by Gasteiger charge is 2.41. The molecule has 0 amide bonds. The molecule has 1 atom stereocenters. The third-order valence-corrected chi connectivity index (χ3v) is 13.8. The molecular weight excluding hydrogens is 739 g/mol. The molecule has 0 radical (unpaired) electrons. The summed E-state index contributed by atoms with van der Waals surface area (Å²) < 4.78 is 6.44. The molecule has 0 fully saturated rings. The van der Waals surface area contributed by atoms with Gasteiger partial charge >= 0.3 is 0 Å². The lowest BCUT2D eigenvalue weighted by molar-refractivity contribution is 0.662. The van der Waals surface area contributed by atoms with Crippen LogP contribution in [0.15, 0.2) is 211 Å². The maximum Gasteiger partial charge on any atom is 0.136 e. The van der Waals surface area contributed by atoms with Gasteiger partial charge in [0.25, 0.3) is 0 Å². The van der Waals surface area contributed by atoms with Crippen LogP contribution in [-0.2, 0) is 10.8 Å². The third-order valence-electron chi connectivity index (χ3n) is 13.8. The summed E-state index contributed by atoms with van der Waals surface area (Å²) in [4.78, 5) is 2.45. The monoisotopic (exact) mass is 781 g/mol. The highest BCUT2D eigenvalue weighted by atomic mass is 16.3. The first-order chi connectivity index (χ1) is 29.9. The van der Waals surface area contributed by atoms with E-state index in [1.165, 1.54) is 61.2 Å². The zero-order valence-corrected chi connectivity index (χ0v) is 34.5. The van der Waals surface area contributed by atoms with Crippen molar-refractivity contribution in [2.45, 2.75) is 31.6 Å². The van der Waals surface area contributed by atoms with E-state index < -0.39 is 0 Å². The Bertz CT molecular complexity index is 3350. The van der Waals surface area contributed by atoms with Crippen LogP contribution in [0, 0.1) is 0 Å². The molecule has 2 aliphatic carbocycles. The van der Waals surface area contributed by atoms with Gasteiger partial charge in [0.2, 0.25) is 0 Å². The van der Waals surface area contributed by atoms with E-state index in [9.17, 15) is 0 Å². The Balaban J connectivity index is 1.05. The molecule has 1 aromatic heterocycles. The van der Waals surface area contributed by atoms with Crippen LogP contribution in [0.25, 0.3) is 66.4 Å². The van der Waals surface area contributed by atoms with Gasteiger partial charge in [-0.25, -0.2) is 0 Å². The van der Waals surface area contributed by atoms with Crippen LogP contribution in [0.5, 0.6) is 0 Å². The standard InChI is InChI=1S/C59H43NO/c1-58(2)51-24-11-7-20-46(51)50-23-15-22-44(57(50)58)38-28-31-41(32-29-38)60(54-26-13-9-18-43(54)39-30-34-49-48-21-10-14-27-55(48)61-56(49)36-39)42-33-35-47-45-19-8-12-25-52(45)59(3,53(47)37-42)40-16-5-4-6-17-40/h4-37H,1-3H3. The van der Waals surface area contributed by atoms with Crippen molar-refractivity contribution in [3.63, 3.8) is 0 Å². The summed E-state index contributed by atoms with van der Waals surface area (Å²) in [6.07, 6.45) is 0. The molecule has 10 aromatic rings. The van der Waals surface area contributed by atoms with Crippen molar-refractivity contribution >= 4 is 39.0 Å². The van der Waals surface area contributed by atoms with E-state index in [1.807, 2.05) is 12.1 Å². The van der Waals surface area contributed by atoms with Gasteiger partial charge < -0.3 is 9.32 Å². The Morgan fingerprint density at radius 3 is 1.79 bits per heavy atom. The summed E-state index contributed by atoms with van der Waals surface area (Å²) in [5, 5.41) is 2.26. The molecule has 2 nitrogen and oxygen atoms in total. The van der Waals surface area contributed by atoms with Gasteiger partial charge in [0.1, 0.15) is 11.2 Å². The minimum Gasteiger partial charge on any atom is -0.456 e. The smallest absolute Gasteiger partial charge is 0.136 e. The molecule has 0 N–H and O–H groups in total. The van der Waals surface area contributed by atoms with Crippen LogP contribution < -0.4 is 4.90 Å². The molecule has 0 spiro atoms. The second-order valence-corrected chi connectivity index (χ2v) is 17.4. The maximum absolute atomic E-state index is 6.44. The van der Waals surface area contributed by atoms with Gasteiger partial charge in [-0.05, 0) is 122 Å². The van der Waals surface area contributed by atoms with E-state index in [-0.39, 0.29) is 10.8 Å². The minimum absolute atomic E-state index is 0.111. The van der Waals surface area contributed by atoms with Crippen molar-refractivity contribution in [3.8, 4) is 44.5 Å². The van der Waals surface area contributed by atoms with E-state index in [0.717, 1.165) is 50.1 Å². The Labute approximate surface area is 357 Å². The number of furan rings is 1. The van der Waals surface area contributed by atoms with Crippen LogP contribution in [0.4, 0.5) is 17.1 Å². The Morgan fingerprint density at radius 2 is 0.967 bits per heavy atom. The van der Waals surface area contributed by atoms with E-state index in [0.29, 0.717) is 0 Å². The molecule has 61 heavy (non-hydrogen) atoms. The fourth-order valence-corrected chi connectivity index (χ4v) is 10.8. The first-order valence-corrected chi connectivity index (χ1v) is 21.3. The maximum atomic E-state index is 6.44. The molecule has 12 rings (SSSR count). The zero-order valence-electron chi connectivity index (χ0n) is 34.5. The van der Waals surface area contributed by atoms with E-state index in [4.69, 9.17) is 4.42 Å². The molecule has 0 saturated carbocycles. The van der Waals surface area contributed by atoms with Gasteiger partial charge in [0, 0.05) is 38.5 Å². The van der Waals surface area contributed by atoms with Crippen LogP contribution in [-0.4, -0.2) is 0 Å². The molecule has 0 saturated heterocycles. The van der Waals surface area contributed by atoms with E-state index in [1.54, 1.807) is 0 Å². The molecular formula is C59H43NO. The highest BCUT2D eigenvalue weighted by molar-refractivity contribution is 6.06. The summed E-state index contributed by atoms with van der Waals surface area (Å²) in [6.45, 7) is 7.13. The number of rotatable bonds is 6. The lowest BCUT2D eigenvalue weighted by atomic mass is 9.74. The van der Waals surface area contributed by atoms with Gasteiger partial charge in [0.15, 0.2) is 0 Å². The quantitative estimate of drug-likeness (QED) is 0.167. The number of anilines is 3. The number of nitrogens with zero attached hydrogens (tertiary/aromatic N) is 1. The number of hydrogen-bond acceptors (Lipinski definition) is 2. The molecule has 0 bridgehead atoms. The second-order valence-electron chi connectivity index (χ2n) is 17.4. The first-order valence-electron chi connectivity index (χ1n) is 21.3. The SMILES string of the molecule is CC1(C)c2ccccc2-c2cccc(-c3ccc(N(c4ccc5c(c4)C(C)(c4ccccc4)c4ccccc4-5)c4ccccc4-c4ccc5c(c4)oc4ccccc45)cc3)c21. The predicted octanol–water partition coefficient (Wildman–Crippen LogP) is 16.0. The number of benzene rings is 9. The third kappa shape index (κ3) is 5.22. The number of para-hydroxylation sites is 2. The zero-order chi connectivity index (χ0) is 40.9. The molecule has 290 valence electrons. The van der Waals surface area contributed by atoms with Gasteiger partial charge in [-0.2, -0.15) is 0 Å². The van der Waals surface area contributed by atoms with Gasteiger partial charge in [-0.3, -0.25) is 0 Å². The first kappa shape index (κ1) is 35.5. The lowest BCUT2D eigenvalue weighted by Crippen LogP contribution is -2.22. The molecule has 9 aromatic carbocycles. The number of fused-ring (bicyclic) bond motifs is 9. The molecule has 1 heterocycles.